The highest BCUT2D eigenvalue weighted by Gasteiger charge is 2.21. The molecule has 7 nitrogen and oxygen atoms in total. The molecule has 0 saturated carbocycles. The van der Waals surface area contributed by atoms with E-state index in [9.17, 15) is 9.59 Å². The van der Waals surface area contributed by atoms with Crippen molar-refractivity contribution in [3.05, 3.63) is 24.5 Å². The van der Waals surface area contributed by atoms with Crippen LogP contribution in [-0.4, -0.2) is 60.2 Å². The zero-order valence-electron chi connectivity index (χ0n) is 14.3. The molecule has 1 atom stereocenters. The molecule has 2 N–H and O–H groups in total. The minimum absolute atomic E-state index is 0.209. The van der Waals surface area contributed by atoms with Crippen molar-refractivity contribution < 1.29 is 14.7 Å². The lowest BCUT2D eigenvalue weighted by atomic mass is 9.96. The number of carboxylic acids is 1. The van der Waals surface area contributed by atoms with Gasteiger partial charge < -0.3 is 20.2 Å². The summed E-state index contributed by atoms with van der Waals surface area (Å²) in [5.74, 6) is -1.00. The van der Waals surface area contributed by atoms with Crippen LogP contribution >= 0.6 is 0 Å². The number of rotatable bonds is 6. The average Bonchev–Trinajstić information content (AvgIpc) is 2.60. The number of pyridine rings is 1. The highest BCUT2D eigenvalue weighted by Crippen LogP contribution is 2.22. The molecule has 1 fully saturated rings. The largest absolute Gasteiger partial charge is 0.481 e. The van der Waals surface area contributed by atoms with E-state index in [4.69, 9.17) is 5.11 Å². The van der Waals surface area contributed by atoms with Crippen LogP contribution in [0.15, 0.2) is 24.5 Å². The van der Waals surface area contributed by atoms with Gasteiger partial charge in [-0.15, -0.1) is 0 Å². The first-order valence-electron chi connectivity index (χ1n) is 8.34. The number of carboxylic acid groups (broad SMARTS) is 1. The fourth-order valence-corrected chi connectivity index (χ4v) is 2.89. The van der Waals surface area contributed by atoms with E-state index < -0.39 is 11.9 Å². The molecular weight excluding hydrogens is 308 g/mol. The van der Waals surface area contributed by atoms with E-state index in [0.717, 1.165) is 25.9 Å². The molecule has 0 aromatic carbocycles. The van der Waals surface area contributed by atoms with E-state index >= 15 is 0 Å². The number of aliphatic carboxylic acids is 1. The Kier molecular flexibility index (Phi) is 6.40. The van der Waals surface area contributed by atoms with Crippen molar-refractivity contribution >= 4 is 17.7 Å². The lowest BCUT2D eigenvalue weighted by Crippen LogP contribution is -2.44. The summed E-state index contributed by atoms with van der Waals surface area (Å²) in [6.07, 6.45) is 5.65. The van der Waals surface area contributed by atoms with E-state index in [1.807, 2.05) is 12.1 Å². The van der Waals surface area contributed by atoms with Crippen molar-refractivity contribution in [3.63, 3.8) is 0 Å². The highest BCUT2D eigenvalue weighted by molar-refractivity contribution is 5.75. The molecule has 0 bridgehead atoms. The van der Waals surface area contributed by atoms with Crippen LogP contribution in [0.1, 0.15) is 19.8 Å². The molecule has 2 heterocycles. The van der Waals surface area contributed by atoms with Gasteiger partial charge >= 0.3 is 12.0 Å². The molecule has 0 aliphatic carbocycles. The van der Waals surface area contributed by atoms with Crippen molar-refractivity contribution in [3.8, 4) is 0 Å². The van der Waals surface area contributed by atoms with Crippen LogP contribution in [0.25, 0.3) is 0 Å². The lowest BCUT2D eigenvalue weighted by molar-refractivity contribution is -0.141. The number of hydrogen-bond donors (Lipinski definition) is 2. The molecular formula is C17H26N4O3. The first kappa shape index (κ1) is 18.0. The Bertz CT molecular complexity index is 544. The van der Waals surface area contributed by atoms with Crippen molar-refractivity contribution in [2.75, 3.05) is 38.1 Å². The second kappa shape index (κ2) is 8.52. The quantitative estimate of drug-likeness (QED) is 0.826. The minimum Gasteiger partial charge on any atom is -0.481 e. The van der Waals surface area contributed by atoms with Crippen LogP contribution < -0.4 is 10.2 Å². The number of urea groups is 1. The Morgan fingerprint density at radius 3 is 2.58 bits per heavy atom. The summed E-state index contributed by atoms with van der Waals surface area (Å²) >= 11 is 0. The van der Waals surface area contributed by atoms with Crippen LogP contribution in [0.3, 0.4) is 0 Å². The second-order valence-electron chi connectivity index (χ2n) is 6.44. The van der Waals surface area contributed by atoms with Gasteiger partial charge in [-0.1, -0.05) is 6.92 Å². The fraction of sp³-hybridized carbons (Fsp3) is 0.588. The molecule has 0 radical (unpaired) electrons. The number of piperidine rings is 1. The summed E-state index contributed by atoms with van der Waals surface area (Å²) in [4.78, 5) is 30.7. The van der Waals surface area contributed by atoms with Crippen molar-refractivity contribution in [1.29, 1.82) is 0 Å². The van der Waals surface area contributed by atoms with E-state index in [2.05, 4.69) is 15.2 Å². The fourth-order valence-electron chi connectivity index (χ4n) is 2.89. The minimum atomic E-state index is -0.891. The lowest BCUT2D eigenvalue weighted by Gasteiger charge is -2.33. The van der Waals surface area contributed by atoms with Crippen molar-refractivity contribution in [2.45, 2.75) is 19.8 Å². The van der Waals surface area contributed by atoms with Gasteiger partial charge in [0.15, 0.2) is 0 Å². The molecule has 2 amide bonds. The summed E-state index contributed by atoms with van der Waals surface area (Å²) in [7, 11) is 1.63. The molecule has 7 heteroatoms. The predicted molar refractivity (Wildman–Crippen MR) is 92.0 cm³/mol. The summed E-state index contributed by atoms with van der Waals surface area (Å²) in [5, 5.41) is 11.8. The third-order valence-electron chi connectivity index (χ3n) is 4.50. The Hall–Kier alpha value is -2.31. The number of nitrogens with zero attached hydrogens (tertiary/aromatic N) is 3. The zero-order chi connectivity index (χ0) is 17.5. The molecule has 0 spiro atoms. The van der Waals surface area contributed by atoms with Crippen molar-refractivity contribution in [1.82, 2.24) is 15.2 Å². The molecule has 1 unspecified atom stereocenters. The summed E-state index contributed by atoms with van der Waals surface area (Å²) in [5.41, 5.74) is 1.19. The number of carbonyl (C=O) groups is 2. The maximum Gasteiger partial charge on any atom is 0.317 e. The highest BCUT2D eigenvalue weighted by atomic mass is 16.4. The summed E-state index contributed by atoms with van der Waals surface area (Å²) in [6, 6.07) is 3.82. The van der Waals surface area contributed by atoms with E-state index in [1.54, 1.807) is 26.4 Å². The molecule has 1 aliphatic heterocycles. The first-order chi connectivity index (χ1) is 11.5. The second-order valence-corrected chi connectivity index (χ2v) is 6.44. The van der Waals surface area contributed by atoms with Gasteiger partial charge in [-0.25, -0.2) is 4.79 Å². The van der Waals surface area contributed by atoms with E-state index in [0.29, 0.717) is 12.5 Å². The van der Waals surface area contributed by atoms with Gasteiger partial charge in [-0.2, -0.15) is 0 Å². The molecule has 1 aromatic rings. The van der Waals surface area contributed by atoms with Crippen LogP contribution in [0.2, 0.25) is 0 Å². The number of aromatic nitrogens is 1. The topological polar surface area (TPSA) is 85.8 Å². The normalized spacial score (nSPS) is 16.5. The van der Waals surface area contributed by atoms with Crippen molar-refractivity contribution in [2.24, 2.45) is 11.8 Å². The molecule has 24 heavy (non-hydrogen) atoms. The smallest absolute Gasteiger partial charge is 0.317 e. The number of anilines is 1. The SMILES string of the molecule is CC(CN(C)C(=O)NCC1CCN(c2ccncc2)CC1)C(=O)O. The molecule has 2 rings (SSSR count). The maximum atomic E-state index is 12.0. The monoisotopic (exact) mass is 334 g/mol. The number of hydrogen-bond acceptors (Lipinski definition) is 4. The van der Waals surface area contributed by atoms with Gasteiger partial charge in [-0.05, 0) is 30.9 Å². The Morgan fingerprint density at radius 1 is 1.38 bits per heavy atom. The standard InChI is InChI=1S/C17H26N4O3/c1-13(16(22)23)12-20(2)17(24)19-11-14-5-9-21(10-6-14)15-3-7-18-8-4-15/h3-4,7-8,13-14H,5-6,9-12H2,1-2H3,(H,19,24)(H,22,23). The van der Waals surface area contributed by atoms with Gasteiger partial charge in [0.25, 0.3) is 0 Å². The maximum absolute atomic E-state index is 12.0. The van der Waals surface area contributed by atoms with Gasteiger partial charge in [0.1, 0.15) is 0 Å². The summed E-state index contributed by atoms with van der Waals surface area (Å²) < 4.78 is 0. The summed E-state index contributed by atoms with van der Waals surface area (Å²) in [6.45, 7) is 4.38. The Balaban J connectivity index is 1.70. The molecule has 1 aromatic heterocycles. The third-order valence-corrected chi connectivity index (χ3v) is 4.50. The van der Waals surface area contributed by atoms with Crippen LogP contribution in [0, 0.1) is 11.8 Å². The van der Waals surface area contributed by atoms with Crippen LogP contribution in [-0.2, 0) is 4.79 Å². The van der Waals surface area contributed by atoms with Gasteiger partial charge in [0.05, 0.1) is 5.92 Å². The Labute approximate surface area is 142 Å². The average molecular weight is 334 g/mol. The van der Waals surface area contributed by atoms with Gasteiger partial charge in [0, 0.05) is 51.3 Å². The van der Waals surface area contributed by atoms with Gasteiger partial charge in [-0.3, -0.25) is 9.78 Å². The number of carbonyl (C=O) groups excluding carboxylic acids is 1. The van der Waals surface area contributed by atoms with Crippen LogP contribution in [0.5, 0.6) is 0 Å². The van der Waals surface area contributed by atoms with Crippen LogP contribution in [0.4, 0.5) is 10.5 Å². The van der Waals surface area contributed by atoms with E-state index in [1.165, 1.54) is 10.6 Å². The first-order valence-corrected chi connectivity index (χ1v) is 8.34. The van der Waals surface area contributed by atoms with Gasteiger partial charge in [0.2, 0.25) is 0 Å². The molecule has 1 saturated heterocycles. The Morgan fingerprint density at radius 2 is 2.00 bits per heavy atom. The van der Waals surface area contributed by atoms with E-state index in [-0.39, 0.29) is 12.6 Å². The third kappa shape index (κ3) is 5.11. The number of nitrogens with one attached hydrogen (secondary N) is 1. The zero-order valence-corrected chi connectivity index (χ0v) is 14.3. The molecule has 1 aliphatic rings. The number of amides is 2. The molecule has 132 valence electrons. The predicted octanol–water partition coefficient (Wildman–Crippen LogP) is 1.66.